The van der Waals surface area contributed by atoms with Gasteiger partial charge in [0.15, 0.2) is 11.5 Å². The van der Waals surface area contributed by atoms with Gasteiger partial charge in [0.25, 0.3) is 0 Å². The molecule has 2 N–H and O–H groups in total. The summed E-state index contributed by atoms with van der Waals surface area (Å²) in [4.78, 5) is 12.0. The van der Waals surface area contributed by atoms with E-state index in [2.05, 4.69) is 10.6 Å². The molecule has 2 aromatic carbocycles. The fourth-order valence-corrected chi connectivity index (χ4v) is 2.73. The summed E-state index contributed by atoms with van der Waals surface area (Å²) in [6.07, 6.45) is 0.645. The zero-order valence-electron chi connectivity index (χ0n) is 14.1. The predicted molar refractivity (Wildman–Crippen MR) is 101 cm³/mol. The van der Waals surface area contributed by atoms with Gasteiger partial charge < -0.3 is 20.1 Å². The van der Waals surface area contributed by atoms with Gasteiger partial charge in [0.2, 0.25) is 0 Å². The minimum atomic E-state index is -0.368. The second-order valence-corrected chi connectivity index (χ2v) is 5.96. The van der Waals surface area contributed by atoms with Crippen molar-refractivity contribution in [2.24, 2.45) is 0 Å². The summed E-state index contributed by atoms with van der Waals surface area (Å²) in [5, 5.41) is 6.20. The molecular weight excluding hydrogens is 363 g/mol. The third-order valence-corrected chi connectivity index (χ3v) is 4.06. The number of halogens is 2. The Bertz CT molecular complexity index is 718. The number of carbonyl (C=O) groups excluding carboxylic acids is 1. The summed E-state index contributed by atoms with van der Waals surface area (Å²) in [5.74, 6) is 1.37. The van der Waals surface area contributed by atoms with Gasteiger partial charge in [-0.2, -0.15) is 0 Å². The van der Waals surface area contributed by atoms with E-state index in [1.165, 1.54) is 0 Å². The zero-order valence-corrected chi connectivity index (χ0v) is 15.6. The first-order valence-corrected chi connectivity index (χ1v) is 8.59. The third kappa shape index (κ3) is 5.44. The maximum Gasteiger partial charge on any atom is 0.319 e. The molecule has 0 aliphatic heterocycles. The molecular formula is C18H20Cl2N2O3. The maximum atomic E-state index is 12.0. The highest BCUT2D eigenvalue weighted by molar-refractivity contribution is 6.39. The number of para-hydroxylation sites is 1. The summed E-state index contributed by atoms with van der Waals surface area (Å²) in [6.45, 7) is 2.94. The SMILES string of the molecule is CCOc1ccc(CCNC(=O)Nc2c(Cl)cccc2Cl)cc1OC. The Morgan fingerprint density at radius 2 is 1.84 bits per heavy atom. The lowest BCUT2D eigenvalue weighted by atomic mass is 10.1. The average Bonchev–Trinajstić information content (AvgIpc) is 2.59. The number of benzene rings is 2. The highest BCUT2D eigenvalue weighted by Crippen LogP contribution is 2.30. The monoisotopic (exact) mass is 382 g/mol. The molecule has 0 aliphatic carbocycles. The van der Waals surface area contributed by atoms with Gasteiger partial charge in [-0.25, -0.2) is 4.79 Å². The van der Waals surface area contributed by atoms with Crippen molar-refractivity contribution < 1.29 is 14.3 Å². The highest BCUT2D eigenvalue weighted by Gasteiger charge is 2.09. The second kappa shape index (κ2) is 9.39. The molecule has 0 heterocycles. The molecule has 2 rings (SSSR count). The number of ether oxygens (including phenoxy) is 2. The number of urea groups is 1. The van der Waals surface area contributed by atoms with Gasteiger partial charge in [-0.15, -0.1) is 0 Å². The molecule has 0 saturated heterocycles. The summed E-state index contributed by atoms with van der Waals surface area (Å²) < 4.78 is 10.8. The number of nitrogens with one attached hydrogen (secondary N) is 2. The minimum Gasteiger partial charge on any atom is -0.493 e. The van der Waals surface area contributed by atoms with Gasteiger partial charge in [-0.05, 0) is 43.2 Å². The van der Waals surface area contributed by atoms with E-state index < -0.39 is 0 Å². The van der Waals surface area contributed by atoms with Crippen LogP contribution in [-0.4, -0.2) is 26.3 Å². The number of amides is 2. The van der Waals surface area contributed by atoms with Gasteiger partial charge in [-0.1, -0.05) is 35.3 Å². The molecule has 0 unspecified atom stereocenters. The highest BCUT2D eigenvalue weighted by atomic mass is 35.5. The molecule has 0 bridgehead atoms. The molecule has 2 amide bonds. The number of methoxy groups -OCH3 is 1. The van der Waals surface area contributed by atoms with Crippen molar-refractivity contribution in [3.05, 3.63) is 52.0 Å². The van der Waals surface area contributed by atoms with E-state index in [1.54, 1.807) is 25.3 Å². The van der Waals surface area contributed by atoms with Crippen LogP contribution in [0.25, 0.3) is 0 Å². The average molecular weight is 383 g/mol. The van der Waals surface area contributed by atoms with E-state index in [9.17, 15) is 4.79 Å². The topological polar surface area (TPSA) is 59.6 Å². The molecule has 0 atom stereocenters. The molecule has 0 saturated carbocycles. The van der Waals surface area contributed by atoms with Gasteiger partial charge in [0.05, 0.1) is 29.4 Å². The molecule has 2 aromatic rings. The Balaban J connectivity index is 1.89. The Hall–Kier alpha value is -2.11. The lowest BCUT2D eigenvalue weighted by Crippen LogP contribution is -2.30. The Morgan fingerprint density at radius 3 is 2.48 bits per heavy atom. The normalized spacial score (nSPS) is 10.2. The Labute approximate surface area is 157 Å². The van der Waals surface area contributed by atoms with Gasteiger partial charge in [0.1, 0.15) is 0 Å². The van der Waals surface area contributed by atoms with Crippen LogP contribution < -0.4 is 20.1 Å². The molecule has 0 aromatic heterocycles. The van der Waals surface area contributed by atoms with Gasteiger partial charge in [-0.3, -0.25) is 0 Å². The summed E-state index contributed by atoms with van der Waals surface area (Å²) in [7, 11) is 1.60. The quantitative estimate of drug-likeness (QED) is 0.725. The van der Waals surface area contributed by atoms with E-state index in [-0.39, 0.29) is 6.03 Å². The Morgan fingerprint density at radius 1 is 1.12 bits per heavy atom. The van der Waals surface area contributed by atoms with Crippen LogP contribution in [0.5, 0.6) is 11.5 Å². The summed E-state index contributed by atoms with van der Waals surface area (Å²) in [5.41, 5.74) is 1.42. The van der Waals surface area contributed by atoms with Crippen LogP contribution in [0, 0.1) is 0 Å². The fourth-order valence-electron chi connectivity index (χ4n) is 2.24. The summed E-state index contributed by atoms with van der Waals surface area (Å²) in [6, 6.07) is 10.4. The van der Waals surface area contributed by atoms with Crippen molar-refractivity contribution in [3.8, 4) is 11.5 Å². The Kier molecular flexibility index (Phi) is 7.22. The molecule has 5 nitrogen and oxygen atoms in total. The van der Waals surface area contributed by atoms with Crippen LogP contribution in [-0.2, 0) is 6.42 Å². The van der Waals surface area contributed by atoms with Crippen molar-refractivity contribution in [2.45, 2.75) is 13.3 Å². The number of anilines is 1. The molecule has 0 radical (unpaired) electrons. The van der Waals surface area contributed by atoms with Gasteiger partial charge in [0, 0.05) is 6.54 Å². The molecule has 0 spiro atoms. The zero-order chi connectivity index (χ0) is 18.2. The minimum absolute atomic E-state index is 0.368. The maximum absolute atomic E-state index is 12.0. The van der Waals surface area contributed by atoms with Crippen LogP contribution in [0.15, 0.2) is 36.4 Å². The van der Waals surface area contributed by atoms with E-state index in [0.717, 1.165) is 5.56 Å². The molecule has 25 heavy (non-hydrogen) atoms. The first kappa shape index (κ1) is 19.2. The van der Waals surface area contributed by atoms with Crippen molar-refractivity contribution in [1.29, 1.82) is 0 Å². The number of hydrogen-bond acceptors (Lipinski definition) is 3. The smallest absolute Gasteiger partial charge is 0.319 e. The van der Waals surface area contributed by atoms with Crippen molar-refractivity contribution in [1.82, 2.24) is 5.32 Å². The van der Waals surface area contributed by atoms with Crippen molar-refractivity contribution >= 4 is 34.9 Å². The van der Waals surface area contributed by atoms with E-state index in [1.807, 2.05) is 25.1 Å². The van der Waals surface area contributed by atoms with Crippen LogP contribution >= 0.6 is 23.2 Å². The number of hydrogen-bond donors (Lipinski definition) is 2. The standard InChI is InChI=1S/C18H20Cl2N2O3/c1-3-25-15-8-7-12(11-16(15)24-2)9-10-21-18(23)22-17-13(19)5-4-6-14(17)20/h4-8,11H,3,9-10H2,1-2H3,(H2,21,22,23). The van der Waals surface area contributed by atoms with E-state index in [4.69, 9.17) is 32.7 Å². The van der Waals surface area contributed by atoms with Crippen molar-refractivity contribution in [2.75, 3.05) is 25.6 Å². The van der Waals surface area contributed by atoms with E-state index >= 15 is 0 Å². The van der Waals surface area contributed by atoms with Crippen LogP contribution in [0.1, 0.15) is 12.5 Å². The van der Waals surface area contributed by atoms with Crippen LogP contribution in [0.2, 0.25) is 10.0 Å². The number of carbonyl (C=O) groups is 1. The van der Waals surface area contributed by atoms with Gasteiger partial charge >= 0.3 is 6.03 Å². The number of rotatable bonds is 7. The third-order valence-electron chi connectivity index (χ3n) is 3.43. The van der Waals surface area contributed by atoms with Crippen LogP contribution in [0.3, 0.4) is 0 Å². The molecule has 0 fully saturated rings. The largest absolute Gasteiger partial charge is 0.493 e. The lowest BCUT2D eigenvalue weighted by molar-refractivity contribution is 0.252. The first-order chi connectivity index (χ1) is 12.0. The lowest BCUT2D eigenvalue weighted by Gasteiger charge is -2.12. The first-order valence-electron chi connectivity index (χ1n) is 7.83. The second-order valence-electron chi connectivity index (χ2n) is 5.15. The fraction of sp³-hybridized carbons (Fsp3) is 0.278. The molecule has 7 heteroatoms. The predicted octanol–water partition coefficient (Wildman–Crippen LogP) is 4.76. The molecule has 134 valence electrons. The summed E-state index contributed by atoms with van der Waals surface area (Å²) >= 11 is 12.0. The van der Waals surface area contributed by atoms with E-state index in [0.29, 0.717) is 46.8 Å². The molecule has 0 aliphatic rings. The van der Waals surface area contributed by atoms with Crippen molar-refractivity contribution in [3.63, 3.8) is 0 Å². The van der Waals surface area contributed by atoms with Crippen LogP contribution in [0.4, 0.5) is 10.5 Å².